The SMILES string of the molecule is COCc1cc(B(O)O)cc(C)c1F. The Morgan fingerprint density at radius 3 is 2.57 bits per heavy atom. The zero-order valence-corrected chi connectivity index (χ0v) is 8.12. The van der Waals surface area contributed by atoms with Gasteiger partial charge in [-0.3, -0.25) is 0 Å². The van der Waals surface area contributed by atoms with Gasteiger partial charge in [0.05, 0.1) is 6.61 Å². The van der Waals surface area contributed by atoms with Crippen molar-refractivity contribution in [2.24, 2.45) is 0 Å². The van der Waals surface area contributed by atoms with Gasteiger partial charge in [0.2, 0.25) is 0 Å². The lowest BCUT2D eigenvalue weighted by atomic mass is 9.78. The maximum Gasteiger partial charge on any atom is 0.488 e. The molecule has 0 heterocycles. The van der Waals surface area contributed by atoms with Gasteiger partial charge in [-0.25, -0.2) is 4.39 Å². The van der Waals surface area contributed by atoms with Gasteiger partial charge in [0.1, 0.15) is 5.82 Å². The summed E-state index contributed by atoms with van der Waals surface area (Å²) in [5, 5.41) is 17.8. The number of rotatable bonds is 3. The summed E-state index contributed by atoms with van der Waals surface area (Å²) in [6.45, 7) is 1.69. The van der Waals surface area contributed by atoms with E-state index in [1.165, 1.54) is 19.2 Å². The molecule has 1 aromatic carbocycles. The lowest BCUT2D eigenvalue weighted by Crippen LogP contribution is -2.31. The van der Waals surface area contributed by atoms with Crippen LogP contribution >= 0.6 is 0 Å². The first-order valence-electron chi connectivity index (χ1n) is 4.20. The van der Waals surface area contributed by atoms with Crippen molar-refractivity contribution in [3.05, 3.63) is 29.1 Å². The van der Waals surface area contributed by atoms with Crippen molar-refractivity contribution in [2.75, 3.05) is 7.11 Å². The Morgan fingerprint density at radius 2 is 2.07 bits per heavy atom. The Kier molecular flexibility index (Phi) is 3.63. The van der Waals surface area contributed by atoms with E-state index >= 15 is 0 Å². The molecule has 0 spiro atoms. The molecule has 14 heavy (non-hydrogen) atoms. The van der Waals surface area contributed by atoms with E-state index in [9.17, 15) is 4.39 Å². The first kappa shape index (κ1) is 11.2. The largest absolute Gasteiger partial charge is 0.488 e. The summed E-state index contributed by atoms with van der Waals surface area (Å²) in [7, 11) is -0.124. The van der Waals surface area contributed by atoms with E-state index < -0.39 is 7.12 Å². The third kappa shape index (κ3) is 2.32. The predicted octanol–water partition coefficient (Wildman–Crippen LogP) is -0.0397. The van der Waals surface area contributed by atoms with E-state index in [0.717, 1.165) is 0 Å². The second-order valence-electron chi connectivity index (χ2n) is 3.12. The smallest absolute Gasteiger partial charge is 0.423 e. The third-order valence-electron chi connectivity index (χ3n) is 1.95. The fourth-order valence-corrected chi connectivity index (χ4v) is 1.28. The van der Waals surface area contributed by atoms with Crippen LogP contribution in [0.3, 0.4) is 0 Å². The van der Waals surface area contributed by atoms with E-state index in [-0.39, 0.29) is 17.9 Å². The lowest BCUT2D eigenvalue weighted by molar-refractivity contribution is 0.181. The van der Waals surface area contributed by atoms with Gasteiger partial charge in [-0.15, -0.1) is 0 Å². The highest BCUT2D eigenvalue weighted by Gasteiger charge is 2.15. The first-order chi connectivity index (χ1) is 6.56. The highest BCUT2D eigenvalue weighted by atomic mass is 19.1. The summed E-state index contributed by atoms with van der Waals surface area (Å²) in [5.74, 6) is -0.365. The van der Waals surface area contributed by atoms with E-state index in [1.807, 2.05) is 0 Å². The minimum Gasteiger partial charge on any atom is -0.423 e. The summed E-state index contributed by atoms with van der Waals surface area (Å²) in [5.41, 5.74) is 0.981. The fourth-order valence-electron chi connectivity index (χ4n) is 1.28. The van der Waals surface area contributed by atoms with Gasteiger partial charge in [0.15, 0.2) is 0 Å². The maximum atomic E-state index is 13.4. The Hall–Kier alpha value is -0.905. The lowest BCUT2D eigenvalue weighted by Gasteiger charge is -2.08. The van der Waals surface area contributed by atoms with Crippen molar-refractivity contribution in [2.45, 2.75) is 13.5 Å². The highest BCUT2D eigenvalue weighted by Crippen LogP contribution is 2.11. The summed E-state index contributed by atoms with van der Waals surface area (Å²) in [6, 6.07) is 2.79. The van der Waals surface area contributed by atoms with Gasteiger partial charge in [0, 0.05) is 12.7 Å². The van der Waals surface area contributed by atoms with Crippen LogP contribution in [0.1, 0.15) is 11.1 Å². The fraction of sp³-hybridized carbons (Fsp3) is 0.333. The molecule has 0 aliphatic rings. The molecule has 3 nitrogen and oxygen atoms in total. The molecule has 1 rings (SSSR count). The molecule has 0 unspecified atom stereocenters. The monoisotopic (exact) mass is 198 g/mol. The Balaban J connectivity index is 3.14. The second-order valence-corrected chi connectivity index (χ2v) is 3.12. The molecule has 0 aliphatic heterocycles. The molecule has 0 fully saturated rings. The van der Waals surface area contributed by atoms with Crippen molar-refractivity contribution in [3.8, 4) is 0 Å². The number of hydrogen-bond acceptors (Lipinski definition) is 3. The molecule has 76 valence electrons. The molecular weight excluding hydrogens is 186 g/mol. The third-order valence-corrected chi connectivity index (χ3v) is 1.95. The zero-order valence-electron chi connectivity index (χ0n) is 8.12. The molecular formula is C9H12BFO3. The Labute approximate surface area is 82.3 Å². The summed E-state index contributed by atoms with van der Waals surface area (Å²) >= 11 is 0. The molecule has 0 bridgehead atoms. The van der Waals surface area contributed by atoms with Crippen LogP contribution in [0.5, 0.6) is 0 Å². The average molecular weight is 198 g/mol. The molecule has 0 saturated carbocycles. The molecule has 2 N–H and O–H groups in total. The quantitative estimate of drug-likeness (QED) is 0.670. The van der Waals surface area contributed by atoms with Crippen molar-refractivity contribution < 1.29 is 19.2 Å². The Morgan fingerprint density at radius 1 is 1.43 bits per heavy atom. The van der Waals surface area contributed by atoms with Gasteiger partial charge in [-0.1, -0.05) is 12.1 Å². The highest BCUT2D eigenvalue weighted by molar-refractivity contribution is 6.58. The number of aryl methyl sites for hydroxylation is 1. The van der Waals surface area contributed by atoms with E-state index in [4.69, 9.17) is 14.8 Å². The molecule has 0 saturated heterocycles. The molecule has 0 aromatic heterocycles. The van der Waals surface area contributed by atoms with Gasteiger partial charge in [-0.2, -0.15) is 0 Å². The minimum atomic E-state index is -1.58. The topological polar surface area (TPSA) is 49.7 Å². The van der Waals surface area contributed by atoms with Crippen molar-refractivity contribution in [3.63, 3.8) is 0 Å². The van der Waals surface area contributed by atoms with Gasteiger partial charge in [0.25, 0.3) is 0 Å². The Bertz CT molecular complexity index is 328. The van der Waals surface area contributed by atoms with Crippen molar-refractivity contribution >= 4 is 12.6 Å². The van der Waals surface area contributed by atoms with Crippen LogP contribution in [-0.4, -0.2) is 24.3 Å². The average Bonchev–Trinajstić information content (AvgIpc) is 2.12. The van der Waals surface area contributed by atoms with Crippen LogP contribution in [0, 0.1) is 12.7 Å². The van der Waals surface area contributed by atoms with Crippen LogP contribution in [0.25, 0.3) is 0 Å². The van der Waals surface area contributed by atoms with E-state index in [2.05, 4.69) is 0 Å². The van der Waals surface area contributed by atoms with Crippen molar-refractivity contribution in [1.29, 1.82) is 0 Å². The summed E-state index contributed by atoms with van der Waals surface area (Å²) < 4.78 is 18.2. The summed E-state index contributed by atoms with van der Waals surface area (Å²) in [4.78, 5) is 0. The molecule has 1 aromatic rings. The molecule has 0 aliphatic carbocycles. The van der Waals surface area contributed by atoms with Crippen LogP contribution in [0.4, 0.5) is 4.39 Å². The first-order valence-corrected chi connectivity index (χ1v) is 4.20. The molecule has 5 heteroatoms. The van der Waals surface area contributed by atoms with E-state index in [1.54, 1.807) is 6.92 Å². The molecule has 0 radical (unpaired) electrons. The van der Waals surface area contributed by atoms with Gasteiger partial charge < -0.3 is 14.8 Å². The van der Waals surface area contributed by atoms with Crippen molar-refractivity contribution in [1.82, 2.24) is 0 Å². The van der Waals surface area contributed by atoms with Crippen LogP contribution in [0.2, 0.25) is 0 Å². The predicted molar refractivity (Wildman–Crippen MR) is 51.7 cm³/mol. The van der Waals surface area contributed by atoms with Gasteiger partial charge in [-0.05, 0) is 17.9 Å². The normalized spacial score (nSPS) is 10.4. The number of halogens is 1. The van der Waals surface area contributed by atoms with Gasteiger partial charge >= 0.3 is 7.12 Å². The van der Waals surface area contributed by atoms with Crippen LogP contribution in [-0.2, 0) is 11.3 Å². The number of hydrogen-bond donors (Lipinski definition) is 2. The number of benzene rings is 1. The van der Waals surface area contributed by atoms with Crippen LogP contribution < -0.4 is 5.46 Å². The second kappa shape index (κ2) is 4.55. The number of methoxy groups -OCH3 is 1. The summed E-state index contributed by atoms with van der Waals surface area (Å²) in [6.07, 6.45) is 0. The van der Waals surface area contributed by atoms with Crippen LogP contribution in [0.15, 0.2) is 12.1 Å². The molecule has 0 amide bonds. The maximum absolute atomic E-state index is 13.4. The standard InChI is InChI=1S/C9H12BFO3/c1-6-3-8(10(12)13)4-7(5-14-2)9(6)11/h3-4,12-13H,5H2,1-2H3. The number of ether oxygens (including phenoxy) is 1. The zero-order chi connectivity index (χ0) is 10.7. The minimum absolute atomic E-state index is 0.118. The van der Waals surface area contributed by atoms with E-state index in [0.29, 0.717) is 11.1 Å². The molecule has 0 atom stereocenters.